The molecule has 1 aromatic heterocycles. The van der Waals surface area contributed by atoms with Gasteiger partial charge in [0, 0.05) is 17.0 Å². The number of rotatable bonds is 12. The molecule has 40 heavy (non-hydrogen) atoms. The SMILES string of the molecule is CCC(CC[C@H](C)c1ccc(C(=O)OC(C)(C)C)cc1)OCc1c(-c2c(F)cccc2C2CC2)noc1C1CC1. The number of hydrogen-bond acceptors (Lipinski definition) is 5. The lowest BCUT2D eigenvalue weighted by Crippen LogP contribution is -2.23. The maximum Gasteiger partial charge on any atom is 0.338 e. The second-order valence-corrected chi connectivity index (χ2v) is 12.6. The minimum atomic E-state index is -0.514. The van der Waals surface area contributed by atoms with Gasteiger partial charge in [-0.25, -0.2) is 9.18 Å². The lowest BCUT2D eigenvalue weighted by molar-refractivity contribution is 0.00694. The molecule has 0 saturated heterocycles. The largest absolute Gasteiger partial charge is 0.456 e. The summed E-state index contributed by atoms with van der Waals surface area (Å²) >= 11 is 0. The average Bonchev–Trinajstić information content (AvgIpc) is 3.86. The van der Waals surface area contributed by atoms with Gasteiger partial charge in [-0.2, -0.15) is 0 Å². The van der Waals surface area contributed by atoms with E-state index in [1.807, 2.05) is 51.1 Å². The van der Waals surface area contributed by atoms with Crippen molar-refractivity contribution >= 4 is 5.97 Å². The minimum absolute atomic E-state index is 0.0711. The number of carbonyl (C=O) groups is 1. The molecule has 0 radical (unpaired) electrons. The van der Waals surface area contributed by atoms with Crippen molar-refractivity contribution in [2.24, 2.45) is 0 Å². The Morgan fingerprint density at radius 2 is 1.75 bits per heavy atom. The first kappa shape index (κ1) is 28.5. The van der Waals surface area contributed by atoms with Gasteiger partial charge >= 0.3 is 5.97 Å². The van der Waals surface area contributed by atoms with Gasteiger partial charge in [0.05, 0.1) is 18.3 Å². The highest BCUT2D eigenvalue weighted by molar-refractivity contribution is 5.89. The van der Waals surface area contributed by atoms with E-state index in [-0.39, 0.29) is 17.9 Å². The lowest BCUT2D eigenvalue weighted by Gasteiger charge is -2.20. The molecule has 3 aromatic rings. The van der Waals surface area contributed by atoms with Crippen molar-refractivity contribution in [3.05, 3.63) is 76.3 Å². The van der Waals surface area contributed by atoms with Crippen LogP contribution in [-0.2, 0) is 16.1 Å². The third kappa shape index (κ3) is 6.83. The second kappa shape index (κ2) is 11.9. The summed E-state index contributed by atoms with van der Waals surface area (Å²) in [5.41, 5.74) is 4.41. The molecule has 1 unspecified atom stereocenters. The van der Waals surface area contributed by atoms with Crippen molar-refractivity contribution in [3.8, 4) is 11.3 Å². The molecule has 1 heterocycles. The molecule has 2 saturated carbocycles. The van der Waals surface area contributed by atoms with Gasteiger partial charge in [-0.15, -0.1) is 0 Å². The molecule has 0 spiro atoms. The van der Waals surface area contributed by atoms with Crippen LogP contribution in [0.25, 0.3) is 11.3 Å². The van der Waals surface area contributed by atoms with Crippen molar-refractivity contribution in [1.82, 2.24) is 5.16 Å². The van der Waals surface area contributed by atoms with Crippen molar-refractivity contribution < 1.29 is 23.2 Å². The quantitative estimate of drug-likeness (QED) is 0.212. The Bertz CT molecular complexity index is 1310. The zero-order chi connectivity index (χ0) is 28.4. The first-order valence-corrected chi connectivity index (χ1v) is 14.9. The lowest BCUT2D eigenvalue weighted by atomic mass is 9.93. The van der Waals surface area contributed by atoms with Crippen molar-refractivity contribution in [3.63, 3.8) is 0 Å². The summed E-state index contributed by atoms with van der Waals surface area (Å²) in [6, 6.07) is 13.1. The maximum atomic E-state index is 15.2. The van der Waals surface area contributed by atoms with Crippen LogP contribution in [0.2, 0.25) is 0 Å². The van der Waals surface area contributed by atoms with Crippen LogP contribution in [0.4, 0.5) is 4.39 Å². The topological polar surface area (TPSA) is 61.6 Å². The fourth-order valence-corrected chi connectivity index (χ4v) is 5.34. The Morgan fingerprint density at radius 3 is 2.38 bits per heavy atom. The molecule has 5 nitrogen and oxygen atoms in total. The molecule has 2 fully saturated rings. The molecule has 0 amide bonds. The average molecular weight is 548 g/mol. The standard InChI is InChI=1S/C34H42FNO4/c1-6-26(19-10-21(2)22-11-17-25(18-12-22)33(37)39-34(3,4)5)38-20-28-31(36-40-32(28)24-15-16-24)30-27(23-13-14-23)8-7-9-29(30)35/h7-9,11-12,17-18,21,23-24,26H,6,10,13-16,19-20H2,1-5H3/t21-,26?/m0/s1. The maximum absolute atomic E-state index is 15.2. The molecule has 2 atom stereocenters. The van der Waals surface area contributed by atoms with Gasteiger partial charge in [0.1, 0.15) is 22.9 Å². The number of nitrogens with zero attached hydrogens (tertiary/aromatic N) is 1. The summed E-state index contributed by atoms with van der Waals surface area (Å²) in [6.45, 7) is 10.3. The molecule has 2 aliphatic carbocycles. The molecule has 5 rings (SSSR count). The van der Waals surface area contributed by atoms with Gasteiger partial charge in [-0.3, -0.25) is 0 Å². The molecule has 214 valence electrons. The molecular weight excluding hydrogens is 505 g/mol. The molecule has 0 aliphatic heterocycles. The Balaban J connectivity index is 1.23. The van der Waals surface area contributed by atoms with E-state index in [4.69, 9.17) is 14.0 Å². The summed E-state index contributed by atoms with van der Waals surface area (Å²) in [6.07, 6.45) is 7.15. The monoisotopic (exact) mass is 547 g/mol. The van der Waals surface area contributed by atoms with Gasteiger partial charge in [-0.05, 0) is 107 Å². The molecule has 0 N–H and O–H groups in total. The van der Waals surface area contributed by atoms with Crippen LogP contribution in [0.5, 0.6) is 0 Å². The fourth-order valence-electron chi connectivity index (χ4n) is 5.34. The molecule has 0 bridgehead atoms. The van der Waals surface area contributed by atoms with E-state index in [1.54, 1.807) is 6.07 Å². The summed E-state index contributed by atoms with van der Waals surface area (Å²) in [5, 5.41) is 4.41. The fraction of sp³-hybridized carbons (Fsp3) is 0.529. The minimum Gasteiger partial charge on any atom is -0.456 e. The zero-order valence-electron chi connectivity index (χ0n) is 24.5. The molecule has 2 aliphatic rings. The number of halogens is 1. The number of esters is 1. The first-order chi connectivity index (χ1) is 19.1. The third-order valence-corrected chi connectivity index (χ3v) is 8.02. The van der Waals surface area contributed by atoms with Gasteiger partial charge in [-0.1, -0.05) is 43.3 Å². The van der Waals surface area contributed by atoms with Gasteiger partial charge in [0.2, 0.25) is 0 Å². The summed E-state index contributed by atoms with van der Waals surface area (Å²) in [7, 11) is 0. The van der Waals surface area contributed by atoms with Crippen LogP contribution < -0.4 is 0 Å². The molecule has 6 heteroatoms. The van der Waals surface area contributed by atoms with Crippen molar-refractivity contribution in [2.45, 2.75) is 116 Å². The molecular formula is C34H42FNO4. The zero-order valence-corrected chi connectivity index (χ0v) is 24.5. The highest BCUT2D eigenvalue weighted by Crippen LogP contribution is 2.48. The van der Waals surface area contributed by atoms with Crippen molar-refractivity contribution in [1.29, 1.82) is 0 Å². The summed E-state index contributed by atoms with van der Waals surface area (Å²) in [5.74, 6) is 1.42. The predicted molar refractivity (Wildman–Crippen MR) is 154 cm³/mol. The predicted octanol–water partition coefficient (Wildman–Crippen LogP) is 9.07. The normalized spacial score (nSPS) is 17.1. The number of aromatic nitrogens is 1. The number of hydrogen-bond donors (Lipinski definition) is 0. The van der Waals surface area contributed by atoms with E-state index in [1.165, 1.54) is 11.6 Å². The Labute approximate surface area is 237 Å². The van der Waals surface area contributed by atoms with Crippen molar-refractivity contribution in [2.75, 3.05) is 0 Å². The van der Waals surface area contributed by atoms with E-state index < -0.39 is 5.60 Å². The van der Waals surface area contributed by atoms with Gasteiger partial charge in [0.15, 0.2) is 0 Å². The number of ether oxygens (including phenoxy) is 2. The number of benzene rings is 2. The van der Waals surface area contributed by atoms with Gasteiger partial charge < -0.3 is 14.0 Å². The van der Waals surface area contributed by atoms with E-state index in [2.05, 4.69) is 19.0 Å². The Morgan fingerprint density at radius 1 is 1.05 bits per heavy atom. The van der Waals surface area contributed by atoms with E-state index in [0.29, 0.717) is 41.2 Å². The number of carbonyl (C=O) groups excluding carboxylic acids is 1. The highest BCUT2D eigenvalue weighted by atomic mass is 19.1. The highest BCUT2D eigenvalue weighted by Gasteiger charge is 2.35. The van der Waals surface area contributed by atoms with Crippen LogP contribution in [0.1, 0.15) is 130 Å². The summed E-state index contributed by atoms with van der Waals surface area (Å²) in [4.78, 5) is 12.4. The summed E-state index contributed by atoms with van der Waals surface area (Å²) < 4.78 is 32.9. The van der Waals surface area contributed by atoms with Crippen LogP contribution in [0, 0.1) is 5.82 Å². The van der Waals surface area contributed by atoms with Crippen LogP contribution in [0.3, 0.4) is 0 Å². The Kier molecular flexibility index (Phi) is 8.46. The van der Waals surface area contributed by atoms with E-state index in [9.17, 15) is 4.79 Å². The smallest absolute Gasteiger partial charge is 0.338 e. The van der Waals surface area contributed by atoms with Crippen LogP contribution in [0.15, 0.2) is 47.0 Å². The van der Waals surface area contributed by atoms with E-state index in [0.717, 1.165) is 61.8 Å². The van der Waals surface area contributed by atoms with Crippen LogP contribution >= 0.6 is 0 Å². The third-order valence-electron chi connectivity index (χ3n) is 8.02. The molecule has 2 aromatic carbocycles. The second-order valence-electron chi connectivity index (χ2n) is 12.6. The van der Waals surface area contributed by atoms with Crippen LogP contribution in [-0.4, -0.2) is 22.8 Å². The van der Waals surface area contributed by atoms with E-state index >= 15 is 4.39 Å². The van der Waals surface area contributed by atoms with Gasteiger partial charge in [0.25, 0.3) is 0 Å². The Hall–Kier alpha value is -2.99. The first-order valence-electron chi connectivity index (χ1n) is 14.9.